The van der Waals surface area contributed by atoms with Gasteiger partial charge in [0.2, 0.25) is 0 Å². The number of carbonyl (C=O) groups is 2. The summed E-state index contributed by atoms with van der Waals surface area (Å²) in [6.45, 7) is 25.9. The van der Waals surface area contributed by atoms with E-state index in [1.807, 2.05) is 13.8 Å². The molecule has 0 saturated heterocycles. The van der Waals surface area contributed by atoms with Crippen LogP contribution >= 0.6 is 0 Å². The maximum atomic E-state index is 13.2. The van der Waals surface area contributed by atoms with Gasteiger partial charge in [-0.05, 0) is 134 Å². The molecule has 0 aromatic carbocycles. The molecule has 0 aromatic rings. The van der Waals surface area contributed by atoms with Crippen molar-refractivity contribution in [3.63, 3.8) is 0 Å². The summed E-state index contributed by atoms with van der Waals surface area (Å²) in [7, 11) is 0. The van der Waals surface area contributed by atoms with Crippen molar-refractivity contribution < 1.29 is 19.4 Å². The fraction of sp³-hybridized carbons (Fsp3) is 0.907. The smallest absolute Gasteiger partial charge is 0.306 e. The monoisotopic (exact) mass is 653 g/mol. The number of carbonyl (C=O) groups excluding carboxylic acids is 1. The first-order valence-electron chi connectivity index (χ1n) is 19.9. The Kier molecular flexibility index (Phi) is 10.3. The number of carboxylic acid groups (broad SMARTS) is 1. The predicted molar refractivity (Wildman–Crippen MR) is 193 cm³/mol. The average molecular weight is 653 g/mol. The number of fused-ring (bicyclic) bond motifs is 7. The van der Waals surface area contributed by atoms with E-state index < -0.39 is 11.4 Å². The van der Waals surface area contributed by atoms with E-state index in [4.69, 9.17) is 4.74 Å². The lowest BCUT2D eigenvalue weighted by atomic mass is 9.32. The van der Waals surface area contributed by atoms with Gasteiger partial charge >= 0.3 is 11.9 Å². The van der Waals surface area contributed by atoms with E-state index in [0.717, 1.165) is 24.7 Å². The maximum absolute atomic E-state index is 13.2. The van der Waals surface area contributed by atoms with Crippen LogP contribution in [0.15, 0.2) is 12.2 Å². The van der Waals surface area contributed by atoms with E-state index in [0.29, 0.717) is 34.0 Å². The van der Waals surface area contributed by atoms with Crippen LogP contribution in [0.1, 0.15) is 178 Å². The van der Waals surface area contributed by atoms with E-state index in [1.54, 1.807) is 0 Å². The van der Waals surface area contributed by atoms with Crippen LogP contribution in [-0.2, 0) is 14.3 Å². The molecule has 0 spiro atoms. The number of hydrogen-bond acceptors (Lipinski definition) is 3. The highest BCUT2D eigenvalue weighted by Gasteiger charge is 2.71. The summed E-state index contributed by atoms with van der Waals surface area (Å²) in [6.07, 6.45) is 21.3. The van der Waals surface area contributed by atoms with Crippen molar-refractivity contribution in [1.82, 2.24) is 0 Å². The van der Waals surface area contributed by atoms with Gasteiger partial charge in [-0.15, -0.1) is 0 Å². The third-order valence-electron chi connectivity index (χ3n) is 16.5. The Bertz CT molecular complexity index is 1180. The first kappa shape index (κ1) is 36.9. The summed E-state index contributed by atoms with van der Waals surface area (Å²) >= 11 is 0. The van der Waals surface area contributed by atoms with E-state index >= 15 is 0 Å². The van der Waals surface area contributed by atoms with Crippen LogP contribution in [0, 0.1) is 62.1 Å². The lowest BCUT2D eigenvalue weighted by Gasteiger charge is -2.73. The Labute approximate surface area is 289 Å². The van der Waals surface area contributed by atoms with Gasteiger partial charge in [-0.1, -0.05) is 99.6 Å². The first-order valence-corrected chi connectivity index (χ1v) is 19.9. The van der Waals surface area contributed by atoms with Crippen molar-refractivity contribution in [1.29, 1.82) is 0 Å². The van der Waals surface area contributed by atoms with Crippen LogP contribution in [0.5, 0.6) is 0 Å². The zero-order valence-corrected chi connectivity index (χ0v) is 32.1. The van der Waals surface area contributed by atoms with Crippen molar-refractivity contribution in [2.24, 2.45) is 62.1 Å². The Morgan fingerprint density at radius 1 is 0.809 bits per heavy atom. The van der Waals surface area contributed by atoms with Gasteiger partial charge in [0.1, 0.15) is 6.10 Å². The minimum Gasteiger partial charge on any atom is -0.481 e. The number of ether oxygens (including phenoxy) is 1. The van der Waals surface area contributed by atoms with Crippen LogP contribution in [0.25, 0.3) is 0 Å². The Balaban J connectivity index is 1.36. The number of rotatable bonds is 12. The SMILES string of the molecule is C=C(C)[C@@H]1CC[C@]2(CCCCCCC)CC[C@]3(C)[C@H](CC[C@@H]4[C@@]5(C)CC[C@H](OC(=O)CC(C)(C)CC(=O)O)C(C)(C)[C@@H]5CC[C@]43C)[C@@H]12. The average Bonchev–Trinajstić information content (AvgIpc) is 3.34. The van der Waals surface area contributed by atoms with Crippen LogP contribution in [0.3, 0.4) is 0 Å². The van der Waals surface area contributed by atoms with Gasteiger partial charge in [0.05, 0.1) is 12.8 Å². The van der Waals surface area contributed by atoms with E-state index in [-0.39, 0.29) is 35.7 Å². The fourth-order valence-corrected chi connectivity index (χ4v) is 14.0. The number of carboxylic acids is 1. The number of hydrogen-bond donors (Lipinski definition) is 1. The van der Waals surface area contributed by atoms with Crippen molar-refractivity contribution >= 4 is 11.9 Å². The molecule has 0 unspecified atom stereocenters. The largest absolute Gasteiger partial charge is 0.481 e. The summed E-state index contributed by atoms with van der Waals surface area (Å²) in [4.78, 5) is 24.6. The minimum absolute atomic E-state index is 0.0229. The number of aliphatic carboxylic acids is 1. The molecular weight excluding hydrogens is 580 g/mol. The molecule has 0 heterocycles. The topological polar surface area (TPSA) is 63.6 Å². The van der Waals surface area contributed by atoms with E-state index in [1.165, 1.54) is 95.5 Å². The van der Waals surface area contributed by atoms with Crippen LogP contribution in [0.4, 0.5) is 0 Å². The number of esters is 1. The molecule has 0 radical (unpaired) electrons. The molecule has 10 atom stereocenters. The lowest BCUT2D eigenvalue weighted by molar-refractivity contribution is -0.250. The Hall–Kier alpha value is -1.32. The molecule has 0 aliphatic heterocycles. The minimum atomic E-state index is -0.862. The molecule has 5 aliphatic carbocycles. The van der Waals surface area contributed by atoms with Crippen molar-refractivity contribution in [2.75, 3.05) is 0 Å². The lowest BCUT2D eigenvalue weighted by Crippen LogP contribution is -2.66. The zero-order valence-electron chi connectivity index (χ0n) is 32.1. The molecular formula is C43H72O4. The standard InChI is InChI=1S/C43H72O4/c1-11-12-13-14-15-21-43-24-18-30(29(2)3)37(43)31-16-17-33-40(8)22-20-34(47-36(46)28-38(4,5)27-35(44)45)39(6,7)32(40)19-23-42(33,10)41(31,9)25-26-43/h30-34,37H,2,11-28H2,1,3-10H3,(H,44,45)/t30-,31+,32-,33+,34-,37+,40-,41+,42+,43+/m0/s1. The number of allylic oxidation sites excluding steroid dienone is 1. The van der Waals surface area contributed by atoms with Crippen LogP contribution in [0.2, 0.25) is 0 Å². The quantitative estimate of drug-likeness (QED) is 0.129. The van der Waals surface area contributed by atoms with E-state index in [2.05, 4.69) is 55.0 Å². The molecule has 4 nitrogen and oxygen atoms in total. The van der Waals surface area contributed by atoms with Gasteiger partial charge in [-0.2, -0.15) is 0 Å². The third-order valence-corrected chi connectivity index (χ3v) is 16.5. The van der Waals surface area contributed by atoms with Gasteiger partial charge < -0.3 is 9.84 Å². The van der Waals surface area contributed by atoms with Gasteiger partial charge in [0, 0.05) is 5.41 Å². The normalized spacial score (nSPS) is 42.4. The summed E-state index contributed by atoms with van der Waals surface area (Å²) in [6, 6.07) is 0. The molecule has 5 rings (SSSR count). The summed E-state index contributed by atoms with van der Waals surface area (Å²) in [5.41, 5.74) is 2.22. The second kappa shape index (κ2) is 13.1. The first-order chi connectivity index (χ1) is 21.9. The predicted octanol–water partition coefficient (Wildman–Crippen LogP) is 11.8. The third kappa shape index (κ3) is 6.30. The van der Waals surface area contributed by atoms with Gasteiger partial charge in [0.25, 0.3) is 0 Å². The van der Waals surface area contributed by atoms with Crippen molar-refractivity contribution in [3.8, 4) is 0 Å². The summed E-state index contributed by atoms with van der Waals surface area (Å²) in [5.74, 6) is 2.44. The molecule has 5 fully saturated rings. The van der Waals surface area contributed by atoms with Crippen molar-refractivity contribution in [2.45, 2.75) is 184 Å². The molecule has 4 heteroatoms. The highest BCUT2D eigenvalue weighted by atomic mass is 16.5. The zero-order chi connectivity index (χ0) is 34.6. The molecule has 5 aliphatic rings. The van der Waals surface area contributed by atoms with E-state index in [9.17, 15) is 14.7 Å². The molecule has 268 valence electrons. The molecule has 1 N–H and O–H groups in total. The van der Waals surface area contributed by atoms with Gasteiger partial charge in [-0.25, -0.2) is 0 Å². The van der Waals surface area contributed by atoms with Gasteiger partial charge in [0.15, 0.2) is 0 Å². The Morgan fingerprint density at radius 3 is 2.17 bits per heavy atom. The maximum Gasteiger partial charge on any atom is 0.306 e. The van der Waals surface area contributed by atoms with Crippen LogP contribution in [-0.4, -0.2) is 23.1 Å². The summed E-state index contributed by atoms with van der Waals surface area (Å²) < 4.78 is 6.29. The summed E-state index contributed by atoms with van der Waals surface area (Å²) in [5, 5.41) is 9.33. The molecule has 0 aromatic heterocycles. The Morgan fingerprint density at radius 2 is 1.51 bits per heavy atom. The molecule has 0 amide bonds. The van der Waals surface area contributed by atoms with Crippen molar-refractivity contribution in [3.05, 3.63) is 12.2 Å². The molecule has 0 bridgehead atoms. The molecule has 47 heavy (non-hydrogen) atoms. The van der Waals surface area contributed by atoms with Gasteiger partial charge in [-0.3, -0.25) is 9.59 Å². The molecule has 5 saturated carbocycles. The van der Waals surface area contributed by atoms with Crippen LogP contribution < -0.4 is 0 Å². The fourth-order valence-electron chi connectivity index (χ4n) is 14.0. The highest BCUT2D eigenvalue weighted by molar-refractivity contribution is 5.73. The highest BCUT2D eigenvalue weighted by Crippen LogP contribution is 2.78. The second-order valence-corrected chi connectivity index (χ2v) is 20.0. The number of unbranched alkanes of at least 4 members (excludes halogenated alkanes) is 4. The second-order valence-electron chi connectivity index (χ2n) is 20.0.